The second-order valence-corrected chi connectivity index (χ2v) is 6.95. The molecule has 3 nitrogen and oxygen atoms in total. The Kier molecular flexibility index (Phi) is 5.82. The van der Waals surface area contributed by atoms with Crippen LogP contribution < -0.4 is 4.74 Å². The molecular weight excluding hydrogens is 264 g/mol. The highest BCUT2D eigenvalue weighted by Gasteiger charge is 2.18. The number of rotatable bonds is 6. The standard InChI is InChI=1S/C18H28O3/c1-7-18(5,6)14-8-10-15(11-9-14)20-13-12-16(19)21-17(2,3)4/h8-11H,7,12-13H2,1-6H3. The minimum Gasteiger partial charge on any atom is -0.493 e. The average Bonchev–Trinajstić information content (AvgIpc) is 2.37. The minimum absolute atomic E-state index is 0.176. The van der Waals surface area contributed by atoms with Crippen molar-refractivity contribution >= 4 is 5.97 Å². The van der Waals surface area contributed by atoms with E-state index in [1.54, 1.807) is 0 Å². The summed E-state index contributed by atoms with van der Waals surface area (Å²) >= 11 is 0. The Labute approximate surface area is 128 Å². The first-order valence-electron chi connectivity index (χ1n) is 7.59. The average molecular weight is 292 g/mol. The van der Waals surface area contributed by atoms with Crippen LogP contribution in [-0.4, -0.2) is 18.2 Å². The molecule has 0 saturated heterocycles. The van der Waals surface area contributed by atoms with Crippen LogP contribution in [0.5, 0.6) is 5.75 Å². The normalized spacial score (nSPS) is 12.1. The lowest BCUT2D eigenvalue weighted by Gasteiger charge is -2.23. The van der Waals surface area contributed by atoms with Crippen LogP contribution in [0.1, 0.15) is 59.9 Å². The summed E-state index contributed by atoms with van der Waals surface area (Å²) in [6.45, 7) is 12.6. The summed E-state index contributed by atoms with van der Waals surface area (Å²) in [6.07, 6.45) is 1.35. The number of hydrogen-bond donors (Lipinski definition) is 0. The van der Waals surface area contributed by atoms with Crippen molar-refractivity contribution in [3.05, 3.63) is 29.8 Å². The van der Waals surface area contributed by atoms with Gasteiger partial charge in [0.05, 0.1) is 13.0 Å². The molecule has 21 heavy (non-hydrogen) atoms. The Morgan fingerprint density at radius 2 is 1.62 bits per heavy atom. The molecule has 0 radical (unpaired) electrons. The van der Waals surface area contributed by atoms with E-state index in [2.05, 4.69) is 32.9 Å². The van der Waals surface area contributed by atoms with E-state index in [-0.39, 0.29) is 17.8 Å². The third-order valence-corrected chi connectivity index (χ3v) is 3.51. The van der Waals surface area contributed by atoms with Gasteiger partial charge >= 0.3 is 5.97 Å². The van der Waals surface area contributed by atoms with E-state index in [9.17, 15) is 4.79 Å². The van der Waals surface area contributed by atoms with Crippen molar-refractivity contribution in [1.29, 1.82) is 0 Å². The van der Waals surface area contributed by atoms with E-state index >= 15 is 0 Å². The number of hydrogen-bond acceptors (Lipinski definition) is 3. The van der Waals surface area contributed by atoms with E-state index in [4.69, 9.17) is 9.47 Å². The van der Waals surface area contributed by atoms with E-state index < -0.39 is 5.60 Å². The van der Waals surface area contributed by atoms with Crippen molar-refractivity contribution in [3.8, 4) is 5.75 Å². The molecular formula is C18H28O3. The van der Waals surface area contributed by atoms with Crippen molar-refractivity contribution < 1.29 is 14.3 Å². The maximum atomic E-state index is 11.6. The molecule has 118 valence electrons. The van der Waals surface area contributed by atoms with Crippen LogP contribution in [0.15, 0.2) is 24.3 Å². The van der Waals surface area contributed by atoms with Gasteiger partial charge in [-0.1, -0.05) is 32.9 Å². The summed E-state index contributed by atoms with van der Waals surface area (Å²) < 4.78 is 10.8. The number of esters is 1. The maximum Gasteiger partial charge on any atom is 0.309 e. The minimum atomic E-state index is -0.440. The summed E-state index contributed by atoms with van der Waals surface area (Å²) in [4.78, 5) is 11.6. The molecule has 0 bridgehead atoms. The van der Waals surface area contributed by atoms with Gasteiger partial charge in [0.2, 0.25) is 0 Å². The van der Waals surface area contributed by atoms with Gasteiger partial charge in [-0.3, -0.25) is 4.79 Å². The zero-order valence-corrected chi connectivity index (χ0v) is 14.2. The fourth-order valence-electron chi connectivity index (χ4n) is 1.85. The van der Waals surface area contributed by atoms with E-state index in [0.29, 0.717) is 6.61 Å². The molecule has 0 saturated carbocycles. The molecule has 0 fully saturated rings. The Bertz CT molecular complexity index is 452. The van der Waals surface area contributed by atoms with Crippen molar-refractivity contribution in [2.24, 2.45) is 0 Å². The van der Waals surface area contributed by atoms with Crippen LogP contribution in [-0.2, 0) is 14.9 Å². The molecule has 0 aliphatic rings. The fraction of sp³-hybridized carbons (Fsp3) is 0.611. The molecule has 1 aromatic carbocycles. The summed E-state index contributed by atoms with van der Waals surface area (Å²) in [5.41, 5.74) is 1.03. The van der Waals surface area contributed by atoms with Gasteiger partial charge in [0.1, 0.15) is 11.4 Å². The van der Waals surface area contributed by atoms with Gasteiger partial charge in [-0.25, -0.2) is 0 Å². The van der Waals surface area contributed by atoms with Crippen LogP contribution in [0, 0.1) is 0 Å². The smallest absolute Gasteiger partial charge is 0.309 e. The predicted molar refractivity (Wildman–Crippen MR) is 85.7 cm³/mol. The summed E-state index contributed by atoms with van der Waals surface area (Å²) in [5.74, 6) is 0.556. The quantitative estimate of drug-likeness (QED) is 0.725. The largest absolute Gasteiger partial charge is 0.493 e. The van der Waals surface area contributed by atoms with E-state index in [1.807, 2.05) is 32.9 Å². The van der Waals surface area contributed by atoms with Gasteiger partial charge in [0.25, 0.3) is 0 Å². The Balaban J connectivity index is 2.45. The summed E-state index contributed by atoms with van der Waals surface area (Å²) in [5, 5.41) is 0. The first-order valence-corrected chi connectivity index (χ1v) is 7.59. The van der Waals surface area contributed by atoms with Crippen LogP contribution in [0.4, 0.5) is 0 Å². The van der Waals surface area contributed by atoms with E-state index in [1.165, 1.54) is 5.56 Å². The molecule has 1 aromatic rings. The molecule has 0 N–H and O–H groups in total. The molecule has 0 spiro atoms. The molecule has 0 amide bonds. The SMILES string of the molecule is CCC(C)(C)c1ccc(OCCC(=O)OC(C)(C)C)cc1. The Hall–Kier alpha value is -1.51. The zero-order chi connectivity index (χ0) is 16.1. The Morgan fingerprint density at radius 3 is 2.10 bits per heavy atom. The highest BCUT2D eigenvalue weighted by Crippen LogP contribution is 2.28. The molecule has 0 heterocycles. The van der Waals surface area contributed by atoms with Crippen molar-refractivity contribution in [3.63, 3.8) is 0 Å². The van der Waals surface area contributed by atoms with E-state index in [0.717, 1.165) is 12.2 Å². The first-order chi connectivity index (χ1) is 9.64. The monoisotopic (exact) mass is 292 g/mol. The Morgan fingerprint density at radius 1 is 1.05 bits per heavy atom. The fourth-order valence-corrected chi connectivity index (χ4v) is 1.85. The van der Waals surface area contributed by atoms with Gasteiger partial charge in [-0.2, -0.15) is 0 Å². The molecule has 0 aromatic heterocycles. The molecule has 3 heteroatoms. The third kappa shape index (κ3) is 6.19. The third-order valence-electron chi connectivity index (χ3n) is 3.51. The van der Waals surface area contributed by atoms with Gasteiger partial charge in [0.15, 0.2) is 0 Å². The molecule has 0 aliphatic carbocycles. The summed E-state index contributed by atoms with van der Waals surface area (Å²) in [7, 11) is 0. The molecule has 0 atom stereocenters. The topological polar surface area (TPSA) is 35.5 Å². The van der Waals surface area contributed by atoms with Crippen LogP contribution in [0.3, 0.4) is 0 Å². The first kappa shape index (κ1) is 17.5. The number of carbonyl (C=O) groups excluding carboxylic acids is 1. The van der Waals surface area contributed by atoms with Crippen molar-refractivity contribution in [1.82, 2.24) is 0 Å². The van der Waals surface area contributed by atoms with Gasteiger partial charge in [0, 0.05) is 0 Å². The van der Waals surface area contributed by atoms with Crippen molar-refractivity contribution in [2.45, 2.75) is 65.4 Å². The zero-order valence-electron chi connectivity index (χ0n) is 14.2. The number of benzene rings is 1. The second kappa shape index (κ2) is 6.97. The number of ether oxygens (including phenoxy) is 2. The molecule has 0 aliphatic heterocycles. The molecule has 1 rings (SSSR count). The van der Waals surface area contributed by atoms with Gasteiger partial charge in [-0.15, -0.1) is 0 Å². The predicted octanol–water partition coefficient (Wildman–Crippen LogP) is 4.48. The van der Waals surface area contributed by atoms with Crippen LogP contribution >= 0.6 is 0 Å². The molecule has 0 unspecified atom stereocenters. The second-order valence-electron chi connectivity index (χ2n) is 6.95. The lowest BCUT2D eigenvalue weighted by Crippen LogP contribution is -2.24. The highest BCUT2D eigenvalue weighted by molar-refractivity contribution is 5.69. The maximum absolute atomic E-state index is 11.6. The van der Waals surface area contributed by atoms with Crippen LogP contribution in [0.25, 0.3) is 0 Å². The lowest BCUT2D eigenvalue weighted by atomic mass is 9.82. The van der Waals surface area contributed by atoms with Crippen molar-refractivity contribution in [2.75, 3.05) is 6.61 Å². The summed E-state index contributed by atoms with van der Waals surface area (Å²) in [6, 6.07) is 8.10. The number of carbonyl (C=O) groups is 1. The van der Waals surface area contributed by atoms with Gasteiger partial charge < -0.3 is 9.47 Å². The van der Waals surface area contributed by atoms with Gasteiger partial charge in [-0.05, 0) is 50.3 Å². The highest BCUT2D eigenvalue weighted by atomic mass is 16.6. The van der Waals surface area contributed by atoms with Crippen LogP contribution in [0.2, 0.25) is 0 Å². The lowest BCUT2D eigenvalue weighted by molar-refractivity contribution is -0.155.